The van der Waals surface area contributed by atoms with Crippen LogP contribution in [0.5, 0.6) is 5.75 Å². The second-order valence-corrected chi connectivity index (χ2v) is 3.58. The van der Waals surface area contributed by atoms with Crippen LogP contribution in [0, 0.1) is 0 Å². The van der Waals surface area contributed by atoms with Crippen LogP contribution in [-0.2, 0) is 10.9 Å². The Labute approximate surface area is 100 Å². The Morgan fingerprint density at radius 1 is 1.12 bits per heavy atom. The number of ether oxygens (including phenoxy) is 2. The summed E-state index contributed by atoms with van der Waals surface area (Å²) < 4.78 is 46.0. The van der Waals surface area contributed by atoms with Gasteiger partial charge in [-0.1, -0.05) is 22.0 Å². The van der Waals surface area contributed by atoms with E-state index in [1.807, 2.05) is 0 Å². The normalized spacial score (nSPS) is 10.4. The summed E-state index contributed by atoms with van der Waals surface area (Å²) in [6.45, 7) is 0. The molecule has 0 N–H and O–H groups in total. The molecule has 6 heteroatoms. The van der Waals surface area contributed by atoms with E-state index in [-0.39, 0.29) is 10.2 Å². The van der Waals surface area contributed by atoms with Crippen molar-refractivity contribution >= 4 is 15.9 Å². The van der Waals surface area contributed by atoms with Gasteiger partial charge in [0.1, 0.15) is 11.3 Å². The van der Waals surface area contributed by atoms with Crippen LogP contribution in [0.3, 0.4) is 0 Å². The van der Waals surface area contributed by atoms with Gasteiger partial charge in [0.2, 0.25) is 0 Å². The summed E-state index contributed by atoms with van der Waals surface area (Å²) in [6.07, 6.45) is -4.40. The molecule has 0 aromatic heterocycles. The van der Waals surface area contributed by atoms with Crippen molar-refractivity contribution in [2.45, 2.75) is 6.18 Å². The first-order valence-corrected chi connectivity index (χ1v) is 4.97. The molecule has 0 saturated carbocycles. The van der Waals surface area contributed by atoms with Gasteiger partial charge in [-0.05, 0) is 12.1 Å². The third kappa shape index (κ3) is 4.40. The highest BCUT2D eigenvalue weighted by molar-refractivity contribution is 9.10. The molecule has 0 spiro atoms. The molecular weight excluding hydrogens is 289 g/mol. The Balaban J connectivity index is 0.000000673. The number of benzene rings is 1. The summed E-state index contributed by atoms with van der Waals surface area (Å²) >= 11 is 2.82. The summed E-state index contributed by atoms with van der Waals surface area (Å²) in [7, 11) is 4.46. The van der Waals surface area contributed by atoms with Gasteiger partial charge in [0, 0.05) is 18.7 Å². The lowest BCUT2D eigenvalue weighted by molar-refractivity contribution is -0.139. The van der Waals surface area contributed by atoms with Gasteiger partial charge in [0.05, 0.1) is 7.11 Å². The van der Waals surface area contributed by atoms with Crippen molar-refractivity contribution in [1.82, 2.24) is 0 Å². The van der Waals surface area contributed by atoms with Gasteiger partial charge in [-0.25, -0.2) is 0 Å². The molecule has 0 heterocycles. The van der Waals surface area contributed by atoms with Gasteiger partial charge in [-0.15, -0.1) is 0 Å². The van der Waals surface area contributed by atoms with E-state index in [4.69, 9.17) is 0 Å². The first kappa shape index (κ1) is 15.2. The lowest BCUT2D eigenvalue weighted by atomic mass is 10.2. The Morgan fingerprint density at radius 3 is 1.94 bits per heavy atom. The number of hydrogen-bond donors (Lipinski definition) is 0. The average Bonchev–Trinajstić information content (AvgIpc) is 2.16. The van der Waals surface area contributed by atoms with E-state index < -0.39 is 11.7 Å². The van der Waals surface area contributed by atoms with Crippen LogP contribution in [-0.4, -0.2) is 21.3 Å². The smallest absolute Gasteiger partial charge is 0.421 e. The number of halogens is 4. The standard InChI is InChI=1S/C8H6BrF3O.C2H6O/c1-13-6-4-2-3-5(9)7(6)8(10,11)12;1-3-2/h2-4H,1H3;1-2H3. The van der Waals surface area contributed by atoms with Gasteiger partial charge in [0.15, 0.2) is 0 Å². The first-order valence-electron chi connectivity index (χ1n) is 4.18. The molecular formula is C10H12BrF3O2. The zero-order valence-corrected chi connectivity index (χ0v) is 10.6. The summed E-state index contributed by atoms with van der Waals surface area (Å²) in [5.41, 5.74) is -0.780. The lowest BCUT2D eigenvalue weighted by Crippen LogP contribution is -2.08. The molecule has 1 aromatic rings. The number of alkyl halides is 3. The fourth-order valence-corrected chi connectivity index (χ4v) is 1.52. The predicted octanol–water partition coefficient (Wildman–Crippen LogP) is 3.74. The van der Waals surface area contributed by atoms with Crippen molar-refractivity contribution in [2.75, 3.05) is 21.3 Å². The average molecular weight is 301 g/mol. The number of hydrogen-bond acceptors (Lipinski definition) is 2. The zero-order valence-electron chi connectivity index (χ0n) is 9.06. The van der Waals surface area contributed by atoms with E-state index in [1.165, 1.54) is 25.3 Å². The molecule has 0 fully saturated rings. The minimum Gasteiger partial charge on any atom is -0.496 e. The van der Waals surface area contributed by atoms with Crippen molar-refractivity contribution < 1.29 is 22.6 Å². The fourth-order valence-electron chi connectivity index (χ4n) is 0.950. The Bertz CT molecular complexity index is 326. The van der Waals surface area contributed by atoms with Crippen LogP contribution in [0.1, 0.15) is 5.56 Å². The molecule has 0 unspecified atom stereocenters. The first-order chi connectivity index (χ1) is 7.38. The van der Waals surface area contributed by atoms with Crippen molar-refractivity contribution in [3.05, 3.63) is 28.2 Å². The van der Waals surface area contributed by atoms with Crippen LogP contribution in [0.2, 0.25) is 0 Å². The molecule has 1 rings (SSSR count). The Kier molecular flexibility index (Phi) is 6.43. The topological polar surface area (TPSA) is 18.5 Å². The van der Waals surface area contributed by atoms with Gasteiger partial charge in [-0.3, -0.25) is 0 Å². The van der Waals surface area contributed by atoms with E-state index in [1.54, 1.807) is 14.2 Å². The maximum Gasteiger partial charge on any atom is 0.421 e. The summed E-state index contributed by atoms with van der Waals surface area (Å²) in [4.78, 5) is 0. The molecule has 0 amide bonds. The van der Waals surface area contributed by atoms with E-state index in [0.717, 1.165) is 0 Å². The molecule has 92 valence electrons. The SMILES string of the molecule is COC.COc1cccc(Br)c1C(F)(F)F. The van der Waals surface area contributed by atoms with E-state index in [0.29, 0.717) is 0 Å². The quantitative estimate of drug-likeness (QED) is 0.786. The van der Waals surface area contributed by atoms with Gasteiger partial charge in [-0.2, -0.15) is 13.2 Å². The largest absolute Gasteiger partial charge is 0.496 e. The predicted molar refractivity (Wildman–Crippen MR) is 58.6 cm³/mol. The number of rotatable bonds is 1. The summed E-state index contributed by atoms with van der Waals surface area (Å²) in [5, 5.41) is 0. The highest BCUT2D eigenvalue weighted by atomic mass is 79.9. The molecule has 1 aromatic carbocycles. The molecule has 0 atom stereocenters. The van der Waals surface area contributed by atoms with Crippen molar-refractivity contribution in [2.24, 2.45) is 0 Å². The molecule has 0 aliphatic heterocycles. The maximum atomic E-state index is 12.4. The van der Waals surface area contributed by atoms with Crippen LogP contribution in [0.25, 0.3) is 0 Å². The van der Waals surface area contributed by atoms with E-state index in [9.17, 15) is 13.2 Å². The summed E-state index contributed by atoms with van der Waals surface area (Å²) in [6, 6.07) is 4.08. The van der Waals surface area contributed by atoms with E-state index in [2.05, 4.69) is 25.4 Å². The number of methoxy groups -OCH3 is 2. The van der Waals surface area contributed by atoms with E-state index >= 15 is 0 Å². The van der Waals surface area contributed by atoms with Crippen LogP contribution >= 0.6 is 15.9 Å². The molecule has 16 heavy (non-hydrogen) atoms. The third-order valence-corrected chi connectivity index (χ3v) is 2.14. The van der Waals surface area contributed by atoms with Gasteiger partial charge < -0.3 is 9.47 Å². The van der Waals surface area contributed by atoms with Crippen molar-refractivity contribution in [3.63, 3.8) is 0 Å². The molecule has 0 saturated heterocycles. The second-order valence-electron chi connectivity index (χ2n) is 2.72. The molecule has 0 aliphatic carbocycles. The Hall–Kier alpha value is -0.750. The molecule has 0 radical (unpaired) electrons. The highest BCUT2D eigenvalue weighted by Gasteiger charge is 2.36. The second kappa shape index (κ2) is 6.75. The maximum absolute atomic E-state index is 12.4. The fraction of sp³-hybridized carbons (Fsp3) is 0.400. The van der Waals surface area contributed by atoms with Crippen LogP contribution in [0.15, 0.2) is 22.7 Å². The van der Waals surface area contributed by atoms with Crippen LogP contribution < -0.4 is 4.74 Å². The Morgan fingerprint density at radius 2 is 1.62 bits per heavy atom. The summed E-state index contributed by atoms with van der Waals surface area (Å²) in [5.74, 6) is -0.179. The van der Waals surface area contributed by atoms with Crippen LogP contribution in [0.4, 0.5) is 13.2 Å². The van der Waals surface area contributed by atoms with Crippen molar-refractivity contribution in [1.29, 1.82) is 0 Å². The van der Waals surface area contributed by atoms with Gasteiger partial charge >= 0.3 is 6.18 Å². The highest BCUT2D eigenvalue weighted by Crippen LogP contribution is 2.40. The monoisotopic (exact) mass is 300 g/mol. The lowest BCUT2D eigenvalue weighted by Gasteiger charge is -2.12. The third-order valence-electron chi connectivity index (χ3n) is 1.48. The zero-order chi connectivity index (χ0) is 12.8. The molecule has 0 aliphatic rings. The minimum atomic E-state index is -4.40. The minimum absolute atomic E-state index is 0.0145. The molecule has 0 bridgehead atoms. The van der Waals surface area contributed by atoms with Crippen molar-refractivity contribution in [3.8, 4) is 5.75 Å². The van der Waals surface area contributed by atoms with Gasteiger partial charge in [0.25, 0.3) is 0 Å². The molecule has 2 nitrogen and oxygen atoms in total.